The lowest BCUT2D eigenvalue weighted by atomic mass is 9.99. The number of benzene rings is 3. The van der Waals surface area contributed by atoms with Crippen molar-refractivity contribution in [3.05, 3.63) is 77.9 Å². The Hall–Kier alpha value is -4.40. The van der Waals surface area contributed by atoms with Crippen LogP contribution >= 0.6 is 0 Å². The highest BCUT2D eigenvalue weighted by atomic mass is 16.5. The Kier molecular flexibility index (Phi) is 7.66. The fourth-order valence-electron chi connectivity index (χ4n) is 4.22. The largest absolute Gasteiger partial charge is 0.497 e. The Morgan fingerprint density at radius 1 is 0.974 bits per heavy atom. The molecule has 9 heteroatoms. The molecule has 0 saturated heterocycles. The molecule has 9 nitrogen and oxygen atoms in total. The molecule has 0 aliphatic heterocycles. The molecule has 4 rings (SSSR count). The number of carbonyl (C=O) groups is 2. The van der Waals surface area contributed by atoms with Crippen molar-refractivity contribution in [3.63, 3.8) is 0 Å². The van der Waals surface area contributed by atoms with E-state index in [9.17, 15) is 9.59 Å². The molecule has 0 radical (unpaired) electrons. The van der Waals surface area contributed by atoms with Crippen LogP contribution in [0.25, 0.3) is 11.0 Å². The summed E-state index contributed by atoms with van der Waals surface area (Å²) in [5, 5.41) is 11.4. The fraction of sp³-hybridized carbons (Fsp3) is 0.310. The first kappa shape index (κ1) is 26.7. The van der Waals surface area contributed by atoms with E-state index in [1.54, 1.807) is 37.1 Å². The van der Waals surface area contributed by atoms with E-state index in [4.69, 9.17) is 9.47 Å². The lowest BCUT2D eigenvalue weighted by Gasteiger charge is -2.34. The normalized spacial score (nSPS) is 12.2. The number of ether oxygens (including phenoxy) is 2. The van der Waals surface area contributed by atoms with E-state index in [0.717, 1.165) is 11.1 Å². The Labute approximate surface area is 222 Å². The summed E-state index contributed by atoms with van der Waals surface area (Å²) in [4.78, 5) is 29.6. The molecule has 0 aliphatic rings. The number of anilines is 1. The van der Waals surface area contributed by atoms with Crippen LogP contribution < -0.4 is 19.7 Å². The number of nitrogens with one attached hydrogen (secondary N) is 1. The molecule has 0 saturated carbocycles. The van der Waals surface area contributed by atoms with E-state index >= 15 is 0 Å². The minimum absolute atomic E-state index is 0.116. The lowest BCUT2D eigenvalue weighted by molar-refractivity contribution is -0.128. The predicted molar refractivity (Wildman–Crippen MR) is 146 cm³/mol. The molecular weight excluding hydrogens is 482 g/mol. The van der Waals surface area contributed by atoms with Gasteiger partial charge in [-0.2, -0.15) is 0 Å². The maximum absolute atomic E-state index is 14.1. The van der Waals surface area contributed by atoms with Gasteiger partial charge in [-0.05, 0) is 69.7 Å². The molecule has 0 spiro atoms. The summed E-state index contributed by atoms with van der Waals surface area (Å²) in [7, 11) is 3.09. The van der Waals surface area contributed by atoms with Gasteiger partial charge in [-0.3, -0.25) is 14.5 Å². The zero-order valence-corrected chi connectivity index (χ0v) is 22.6. The molecule has 2 amide bonds. The van der Waals surface area contributed by atoms with Crippen LogP contribution in [0.1, 0.15) is 37.9 Å². The van der Waals surface area contributed by atoms with Gasteiger partial charge in [0.1, 0.15) is 29.6 Å². The first-order valence-electron chi connectivity index (χ1n) is 12.3. The van der Waals surface area contributed by atoms with Gasteiger partial charge in [0.2, 0.25) is 11.8 Å². The summed E-state index contributed by atoms with van der Waals surface area (Å²) in [6, 6.07) is 19.1. The second-order valence-electron chi connectivity index (χ2n) is 10.1. The molecule has 38 heavy (non-hydrogen) atoms. The molecule has 1 heterocycles. The number of methoxy groups -OCH3 is 2. The number of aryl methyl sites for hydroxylation is 1. The van der Waals surface area contributed by atoms with Gasteiger partial charge < -0.3 is 14.8 Å². The molecule has 0 aliphatic carbocycles. The maximum atomic E-state index is 14.1. The van der Waals surface area contributed by atoms with Crippen molar-refractivity contribution in [2.24, 2.45) is 0 Å². The van der Waals surface area contributed by atoms with Crippen LogP contribution in [0.5, 0.6) is 11.5 Å². The quantitative estimate of drug-likeness (QED) is 0.372. The summed E-state index contributed by atoms with van der Waals surface area (Å²) in [6.45, 7) is 7.54. The molecule has 1 atom stereocenters. The van der Waals surface area contributed by atoms with Crippen LogP contribution in [0.3, 0.4) is 0 Å². The number of carbonyl (C=O) groups excluding carboxylic acids is 2. The standard InChI is InChI=1S/C29H33N5O4/c1-19-11-13-21(14-12-19)34(26(35)18-33-25-10-8-7-9-24(25)31-32-33)27(28(36)30-29(2,3)4)20-15-22(37-5)17-23(16-20)38-6/h7-17,27H,18H2,1-6H3,(H,30,36)/t27-/m1/s1. The van der Waals surface area contributed by atoms with Gasteiger partial charge in [-0.1, -0.05) is 35.0 Å². The molecule has 0 unspecified atom stereocenters. The number of amides is 2. The van der Waals surface area contributed by atoms with Crippen molar-refractivity contribution in [1.29, 1.82) is 0 Å². The molecule has 0 fully saturated rings. The van der Waals surface area contributed by atoms with Crippen molar-refractivity contribution in [3.8, 4) is 11.5 Å². The molecule has 0 bridgehead atoms. The highest BCUT2D eigenvalue weighted by Gasteiger charge is 2.35. The van der Waals surface area contributed by atoms with Gasteiger partial charge >= 0.3 is 0 Å². The number of hydrogen-bond donors (Lipinski definition) is 1. The summed E-state index contributed by atoms with van der Waals surface area (Å²) in [6.07, 6.45) is 0. The number of aromatic nitrogens is 3. The van der Waals surface area contributed by atoms with Gasteiger partial charge in [0.15, 0.2) is 0 Å². The van der Waals surface area contributed by atoms with Gasteiger partial charge in [0.05, 0.1) is 19.7 Å². The molecule has 4 aromatic rings. The minimum atomic E-state index is -1.02. The molecule has 1 N–H and O–H groups in total. The van der Waals surface area contributed by atoms with Gasteiger partial charge in [-0.15, -0.1) is 5.10 Å². The molecular formula is C29H33N5O4. The zero-order chi connectivity index (χ0) is 27.4. The van der Waals surface area contributed by atoms with Crippen LogP contribution in [0.15, 0.2) is 66.7 Å². The van der Waals surface area contributed by atoms with Gasteiger partial charge in [0.25, 0.3) is 0 Å². The van der Waals surface area contributed by atoms with Crippen LogP contribution in [-0.4, -0.2) is 46.6 Å². The minimum Gasteiger partial charge on any atom is -0.497 e. The van der Waals surface area contributed by atoms with Crippen molar-refractivity contribution in [2.45, 2.75) is 45.8 Å². The first-order valence-corrected chi connectivity index (χ1v) is 12.3. The van der Waals surface area contributed by atoms with E-state index in [0.29, 0.717) is 28.3 Å². The SMILES string of the molecule is COc1cc(OC)cc([C@H](C(=O)NC(C)(C)C)N(C(=O)Cn2nnc3ccccc32)c2ccc(C)cc2)c1. The van der Waals surface area contributed by atoms with Crippen molar-refractivity contribution >= 4 is 28.5 Å². The zero-order valence-electron chi connectivity index (χ0n) is 22.6. The predicted octanol–water partition coefficient (Wildman–Crippen LogP) is 4.45. The van der Waals surface area contributed by atoms with E-state index < -0.39 is 11.6 Å². The second-order valence-corrected chi connectivity index (χ2v) is 10.1. The number of nitrogens with zero attached hydrogens (tertiary/aromatic N) is 4. The third-order valence-electron chi connectivity index (χ3n) is 5.98. The number of hydrogen-bond acceptors (Lipinski definition) is 6. The van der Waals surface area contributed by atoms with Crippen LogP contribution in [0.4, 0.5) is 5.69 Å². The number of para-hydroxylation sites is 1. The van der Waals surface area contributed by atoms with Crippen molar-refractivity contribution < 1.29 is 19.1 Å². The van der Waals surface area contributed by atoms with Gasteiger partial charge in [0, 0.05) is 17.3 Å². The van der Waals surface area contributed by atoms with E-state index in [1.165, 1.54) is 4.90 Å². The molecule has 3 aromatic carbocycles. The van der Waals surface area contributed by atoms with Crippen LogP contribution in [-0.2, 0) is 16.1 Å². The highest BCUT2D eigenvalue weighted by Crippen LogP contribution is 2.34. The first-order chi connectivity index (χ1) is 18.1. The summed E-state index contributed by atoms with van der Waals surface area (Å²) < 4.78 is 12.5. The van der Waals surface area contributed by atoms with E-state index in [1.807, 2.05) is 76.2 Å². The summed E-state index contributed by atoms with van der Waals surface area (Å²) >= 11 is 0. The Morgan fingerprint density at radius 3 is 2.21 bits per heavy atom. The third kappa shape index (κ3) is 5.94. The molecule has 1 aromatic heterocycles. The second kappa shape index (κ2) is 10.9. The fourth-order valence-corrected chi connectivity index (χ4v) is 4.22. The highest BCUT2D eigenvalue weighted by molar-refractivity contribution is 6.01. The van der Waals surface area contributed by atoms with Crippen LogP contribution in [0, 0.1) is 6.92 Å². The average Bonchev–Trinajstić information content (AvgIpc) is 3.29. The summed E-state index contributed by atoms with van der Waals surface area (Å²) in [5.74, 6) is 0.337. The van der Waals surface area contributed by atoms with Crippen molar-refractivity contribution in [1.82, 2.24) is 20.3 Å². The smallest absolute Gasteiger partial charge is 0.249 e. The Morgan fingerprint density at radius 2 is 1.61 bits per heavy atom. The number of rotatable bonds is 8. The van der Waals surface area contributed by atoms with E-state index in [2.05, 4.69) is 15.6 Å². The monoisotopic (exact) mass is 515 g/mol. The maximum Gasteiger partial charge on any atom is 0.249 e. The van der Waals surface area contributed by atoms with Crippen molar-refractivity contribution in [2.75, 3.05) is 19.1 Å². The molecule has 198 valence electrons. The third-order valence-corrected chi connectivity index (χ3v) is 5.98. The lowest BCUT2D eigenvalue weighted by Crippen LogP contribution is -2.50. The Balaban J connectivity index is 1.87. The van der Waals surface area contributed by atoms with E-state index in [-0.39, 0.29) is 18.4 Å². The number of fused-ring (bicyclic) bond motifs is 1. The van der Waals surface area contributed by atoms with Gasteiger partial charge in [-0.25, -0.2) is 4.68 Å². The average molecular weight is 516 g/mol. The summed E-state index contributed by atoms with van der Waals surface area (Å²) in [5.41, 5.74) is 3.01. The Bertz CT molecular complexity index is 1420. The van der Waals surface area contributed by atoms with Crippen LogP contribution in [0.2, 0.25) is 0 Å². The topological polar surface area (TPSA) is 98.6 Å².